The molecule has 0 radical (unpaired) electrons. The average molecular weight is 356 g/mol. The molecule has 0 N–H and O–H groups in total. The molecule has 3 aromatic rings. The molecule has 0 fully saturated rings. The summed E-state index contributed by atoms with van der Waals surface area (Å²) in [4.78, 5) is 3.31. The van der Waals surface area contributed by atoms with E-state index < -0.39 is 0 Å². The molecule has 0 aliphatic rings. The third kappa shape index (κ3) is 3.31. The normalized spacial score (nSPS) is 10.2. The quantitative estimate of drug-likeness (QED) is 0.454. The summed E-state index contributed by atoms with van der Waals surface area (Å²) < 4.78 is 1.24. The molecule has 0 bridgehead atoms. The van der Waals surface area contributed by atoms with Crippen LogP contribution in [0.3, 0.4) is 0 Å². The average Bonchev–Trinajstić information content (AvgIpc) is 2.50. The van der Waals surface area contributed by atoms with Gasteiger partial charge in [0.15, 0.2) is 0 Å². The minimum atomic E-state index is 0.0926. The molecule has 3 aromatic carbocycles. The third-order valence-electron chi connectivity index (χ3n) is 3.22. The van der Waals surface area contributed by atoms with Gasteiger partial charge >= 0.3 is 136 Å². The fourth-order valence-corrected chi connectivity index (χ4v) is 4.12. The topological polar surface area (TPSA) is 0 Å². The molecule has 0 saturated carbocycles. The predicted molar refractivity (Wildman–Crippen MR) is 92.4 cm³/mol. The molecule has 0 amide bonds. The standard InChI is InChI=1S/C19H13ClSe/c1-14-8-10-15(11-9-14)12-13-21-18-7-3-5-16-4-2-6-17(20)19(16)18/h2-11H,1H3. The number of rotatable bonds is 1. The minimum absolute atomic E-state index is 0.0926. The van der Waals surface area contributed by atoms with Crippen molar-refractivity contribution in [1.82, 2.24) is 0 Å². The van der Waals surface area contributed by atoms with E-state index >= 15 is 0 Å². The summed E-state index contributed by atoms with van der Waals surface area (Å²) in [6.45, 7) is 2.08. The zero-order chi connectivity index (χ0) is 14.7. The molecule has 21 heavy (non-hydrogen) atoms. The van der Waals surface area contributed by atoms with Crippen LogP contribution in [0.5, 0.6) is 0 Å². The fourth-order valence-electron chi connectivity index (χ4n) is 2.12. The second-order valence-electron chi connectivity index (χ2n) is 4.79. The van der Waals surface area contributed by atoms with Crippen molar-refractivity contribution < 1.29 is 0 Å². The molecule has 0 saturated heterocycles. The first kappa shape index (κ1) is 14.2. The van der Waals surface area contributed by atoms with Gasteiger partial charge in [-0.2, -0.15) is 0 Å². The van der Waals surface area contributed by atoms with Gasteiger partial charge in [0.2, 0.25) is 0 Å². The Morgan fingerprint density at radius 3 is 2.38 bits per heavy atom. The Kier molecular flexibility index (Phi) is 4.32. The summed E-state index contributed by atoms with van der Waals surface area (Å²) in [5, 5.41) is 3.13. The molecule has 0 heterocycles. The molecule has 0 aliphatic carbocycles. The van der Waals surface area contributed by atoms with Crippen LogP contribution in [0.1, 0.15) is 11.1 Å². The third-order valence-corrected chi connectivity index (χ3v) is 5.14. The van der Waals surface area contributed by atoms with Crippen molar-refractivity contribution in [1.29, 1.82) is 0 Å². The van der Waals surface area contributed by atoms with Gasteiger partial charge in [0.05, 0.1) is 0 Å². The summed E-state index contributed by atoms with van der Waals surface area (Å²) in [6, 6.07) is 20.6. The molecule has 0 spiro atoms. The zero-order valence-electron chi connectivity index (χ0n) is 11.6. The van der Waals surface area contributed by atoms with Crippen molar-refractivity contribution >= 4 is 41.8 Å². The predicted octanol–water partition coefficient (Wildman–Crippen LogP) is 4.14. The van der Waals surface area contributed by atoms with Crippen LogP contribution in [0.4, 0.5) is 0 Å². The van der Waals surface area contributed by atoms with E-state index in [0.717, 1.165) is 16.0 Å². The van der Waals surface area contributed by atoms with Crippen molar-refractivity contribution in [2.45, 2.75) is 6.92 Å². The van der Waals surface area contributed by atoms with E-state index in [1.807, 2.05) is 12.1 Å². The molecule has 0 unspecified atom stereocenters. The van der Waals surface area contributed by atoms with E-state index in [9.17, 15) is 0 Å². The first-order valence-corrected chi connectivity index (χ1v) is 8.75. The van der Waals surface area contributed by atoms with Crippen molar-refractivity contribution in [3.05, 3.63) is 76.8 Å². The van der Waals surface area contributed by atoms with Crippen LogP contribution in [0.2, 0.25) is 5.02 Å². The molecule has 3 rings (SSSR count). The first-order chi connectivity index (χ1) is 10.2. The number of aryl methyl sites for hydroxylation is 1. The fraction of sp³-hybridized carbons (Fsp3) is 0.0526. The van der Waals surface area contributed by atoms with Crippen LogP contribution in [0, 0.1) is 17.7 Å². The van der Waals surface area contributed by atoms with Crippen LogP contribution in [0.15, 0.2) is 60.7 Å². The van der Waals surface area contributed by atoms with E-state index in [1.165, 1.54) is 15.4 Å². The number of benzene rings is 3. The first-order valence-electron chi connectivity index (χ1n) is 6.66. The van der Waals surface area contributed by atoms with Gasteiger partial charge in [-0.05, 0) is 0 Å². The summed E-state index contributed by atoms with van der Waals surface area (Å²) in [5.74, 6) is 3.24. The summed E-state index contributed by atoms with van der Waals surface area (Å²) in [5.41, 5.74) is 2.32. The van der Waals surface area contributed by atoms with E-state index in [1.54, 1.807) is 0 Å². The second-order valence-corrected chi connectivity index (χ2v) is 6.98. The Hall–Kier alpha value is -1.71. The van der Waals surface area contributed by atoms with Crippen molar-refractivity contribution in [3.8, 4) is 10.7 Å². The summed E-state index contributed by atoms with van der Waals surface area (Å²) >= 11 is 6.43. The van der Waals surface area contributed by atoms with E-state index in [-0.39, 0.29) is 15.0 Å². The van der Waals surface area contributed by atoms with Crippen LogP contribution in [-0.2, 0) is 0 Å². The molecule has 102 valence electrons. The van der Waals surface area contributed by atoms with E-state index in [4.69, 9.17) is 11.6 Å². The van der Waals surface area contributed by atoms with Crippen LogP contribution < -0.4 is 4.46 Å². The molecular formula is C19H13ClSe. The Labute approximate surface area is 136 Å². The van der Waals surface area contributed by atoms with Crippen molar-refractivity contribution in [2.24, 2.45) is 0 Å². The Morgan fingerprint density at radius 1 is 0.905 bits per heavy atom. The molecule has 0 aromatic heterocycles. The maximum absolute atomic E-state index is 6.34. The zero-order valence-corrected chi connectivity index (χ0v) is 14.0. The summed E-state index contributed by atoms with van der Waals surface area (Å²) in [6.07, 6.45) is 0. The van der Waals surface area contributed by atoms with Gasteiger partial charge < -0.3 is 0 Å². The Bertz CT molecular complexity index is 834. The Balaban J connectivity index is 1.91. The molecular weight excluding hydrogens is 343 g/mol. The molecule has 2 heteroatoms. The van der Waals surface area contributed by atoms with Gasteiger partial charge in [-0.3, -0.25) is 0 Å². The number of halogens is 1. The van der Waals surface area contributed by atoms with Gasteiger partial charge in [-0.25, -0.2) is 0 Å². The summed E-state index contributed by atoms with van der Waals surface area (Å²) in [7, 11) is 0. The number of hydrogen-bond acceptors (Lipinski definition) is 0. The van der Waals surface area contributed by atoms with E-state index in [2.05, 4.69) is 66.2 Å². The van der Waals surface area contributed by atoms with Crippen LogP contribution >= 0.6 is 11.6 Å². The second kappa shape index (κ2) is 6.37. The van der Waals surface area contributed by atoms with Gasteiger partial charge in [0, 0.05) is 0 Å². The Morgan fingerprint density at radius 2 is 1.62 bits per heavy atom. The molecule has 0 nitrogen and oxygen atoms in total. The van der Waals surface area contributed by atoms with Crippen LogP contribution in [0.25, 0.3) is 10.8 Å². The van der Waals surface area contributed by atoms with Gasteiger partial charge in [-0.1, -0.05) is 0 Å². The number of fused-ring (bicyclic) bond motifs is 1. The van der Waals surface area contributed by atoms with Crippen LogP contribution in [-0.4, -0.2) is 15.0 Å². The number of hydrogen-bond donors (Lipinski definition) is 0. The van der Waals surface area contributed by atoms with Gasteiger partial charge in [0.25, 0.3) is 0 Å². The molecule has 0 aliphatic heterocycles. The maximum atomic E-state index is 6.34. The van der Waals surface area contributed by atoms with Crippen molar-refractivity contribution in [2.75, 3.05) is 0 Å². The van der Waals surface area contributed by atoms with Crippen molar-refractivity contribution in [3.63, 3.8) is 0 Å². The van der Waals surface area contributed by atoms with E-state index in [0.29, 0.717) is 0 Å². The monoisotopic (exact) mass is 356 g/mol. The van der Waals surface area contributed by atoms with Gasteiger partial charge in [0.1, 0.15) is 0 Å². The SMILES string of the molecule is Cc1ccc(C#C[Se]c2cccc3cccc(Cl)c23)cc1. The molecule has 0 atom stereocenters. The van der Waals surface area contributed by atoms with Gasteiger partial charge in [-0.15, -0.1) is 0 Å².